The highest BCUT2D eigenvalue weighted by molar-refractivity contribution is 7.80. The lowest BCUT2D eigenvalue weighted by molar-refractivity contribution is -0.384. The Labute approximate surface area is 134 Å². The van der Waals surface area contributed by atoms with Crippen LogP contribution in [0, 0.1) is 15.5 Å². The largest absolute Gasteiger partial charge is 0.360 e. The number of nitro benzene ring substituents is 1. The van der Waals surface area contributed by atoms with Crippen molar-refractivity contribution in [1.82, 2.24) is 5.32 Å². The van der Waals surface area contributed by atoms with Gasteiger partial charge in [0.1, 0.15) is 0 Å². The molecule has 0 aromatic heterocycles. The van der Waals surface area contributed by atoms with Gasteiger partial charge in [-0.25, -0.2) is 0 Å². The second-order valence-electron chi connectivity index (χ2n) is 6.12. The third-order valence-corrected chi connectivity index (χ3v) is 4.26. The summed E-state index contributed by atoms with van der Waals surface area (Å²) in [6.07, 6.45) is 3.28. The molecule has 1 atom stereocenters. The molecule has 1 aliphatic carbocycles. The van der Waals surface area contributed by atoms with E-state index < -0.39 is 4.92 Å². The number of nitro groups is 1. The molecule has 7 heteroatoms. The minimum Gasteiger partial charge on any atom is -0.360 e. The second-order valence-corrected chi connectivity index (χ2v) is 6.94. The lowest BCUT2D eigenvalue weighted by Gasteiger charge is -2.19. The van der Waals surface area contributed by atoms with E-state index in [0.29, 0.717) is 27.3 Å². The number of anilines is 1. The molecular formula is C14H18ClN3O2S. The van der Waals surface area contributed by atoms with Gasteiger partial charge in [0, 0.05) is 18.2 Å². The molecule has 1 aromatic rings. The van der Waals surface area contributed by atoms with Crippen molar-refractivity contribution in [2.75, 3.05) is 5.32 Å². The zero-order chi connectivity index (χ0) is 15.6. The Bertz CT molecular complexity index is 577. The number of nitrogens with one attached hydrogen (secondary N) is 2. The highest BCUT2D eigenvalue weighted by atomic mass is 35.5. The van der Waals surface area contributed by atoms with Gasteiger partial charge in [0.25, 0.3) is 5.69 Å². The molecule has 1 fully saturated rings. The Morgan fingerprint density at radius 1 is 1.52 bits per heavy atom. The number of halogens is 1. The minimum atomic E-state index is -0.461. The molecular weight excluding hydrogens is 310 g/mol. The predicted octanol–water partition coefficient (Wildman–Crippen LogP) is 4.11. The van der Waals surface area contributed by atoms with Gasteiger partial charge in [-0.1, -0.05) is 25.4 Å². The summed E-state index contributed by atoms with van der Waals surface area (Å²) in [6.45, 7) is 4.48. The molecule has 2 N–H and O–H groups in total. The first-order valence-corrected chi connectivity index (χ1v) is 7.57. The lowest BCUT2D eigenvalue weighted by Crippen LogP contribution is -2.36. The smallest absolute Gasteiger partial charge is 0.271 e. The number of rotatable bonds is 3. The van der Waals surface area contributed by atoms with E-state index in [-0.39, 0.29) is 5.69 Å². The summed E-state index contributed by atoms with van der Waals surface area (Å²) in [7, 11) is 0. The summed E-state index contributed by atoms with van der Waals surface area (Å²) < 4.78 is 0. The quantitative estimate of drug-likeness (QED) is 0.496. The van der Waals surface area contributed by atoms with Crippen molar-refractivity contribution in [1.29, 1.82) is 0 Å². The van der Waals surface area contributed by atoms with Gasteiger partial charge in [0.15, 0.2) is 5.11 Å². The zero-order valence-electron chi connectivity index (χ0n) is 12.0. The van der Waals surface area contributed by atoms with Crippen LogP contribution in [0.3, 0.4) is 0 Å². The molecule has 114 valence electrons. The molecule has 1 unspecified atom stereocenters. The fourth-order valence-corrected chi connectivity index (χ4v) is 3.07. The second kappa shape index (κ2) is 6.15. The van der Waals surface area contributed by atoms with Crippen LogP contribution >= 0.6 is 23.8 Å². The Hall–Kier alpha value is -1.40. The molecule has 1 aromatic carbocycles. The Morgan fingerprint density at radius 3 is 2.81 bits per heavy atom. The minimum absolute atomic E-state index is 0.0216. The lowest BCUT2D eigenvalue weighted by atomic mass is 9.92. The molecule has 0 saturated heterocycles. The number of hydrogen-bond donors (Lipinski definition) is 2. The predicted molar refractivity (Wildman–Crippen MR) is 88.9 cm³/mol. The first-order chi connectivity index (χ1) is 9.77. The van der Waals surface area contributed by atoms with Gasteiger partial charge < -0.3 is 10.6 Å². The van der Waals surface area contributed by atoms with Crippen LogP contribution in [0.4, 0.5) is 11.4 Å². The normalized spacial score (nSPS) is 20.0. The third kappa shape index (κ3) is 4.28. The molecule has 0 bridgehead atoms. The Balaban J connectivity index is 2.00. The average molecular weight is 328 g/mol. The number of hydrogen-bond acceptors (Lipinski definition) is 3. The van der Waals surface area contributed by atoms with Crippen LogP contribution in [-0.2, 0) is 0 Å². The number of thiocarbonyl (C=S) groups is 1. The van der Waals surface area contributed by atoms with E-state index in [0.717, 1.165) is 19.3 Å². The summed E-state index contributed by atoms with van der Waals surface area (Å²) in [6, 6.07) is 4.57. The van der Waals surface area contributed by atoms with Crippen LogP contribution in [-0.4, -0.2) is 16.1 Å². The molecule has 0 spiro atoms. The van der Waals surface area contributed by atoms with Gasteiger partial charge in [0.2, 0.25) is 0 Å². The fourth-order valence-electron chi connectivity index (χ4n) is 2.63. The number of nitrogens with zero attached hydrogens (tertiary/aromatic N) is 1. The van der Waals surface area contributed by atoms with Gasteiger partial charge in [0.05, 0.1) is 15.6 Å². The number of non-ortho nitro benzene ring substituents is 1. The molecule has 0 heterocycles. The summed E-state index contributed by atoms with van der Waals surface area (Å²) >= 11 is 11.3. The van der Waals surface area contributed by atoms with E-state index in [1.807, 2.05) is 0 Å². The third-order valence-electron chi connectivity index (χ3n) is 3.71. The monoisotopic (exact) mass is 327 g/mol. The molecule has 0 aliphatic heterocycles. The van der Waals surface area contributed by atoms with Crippen molar-refractivity contribution in [3.8, 4) is 0 Å². The van der Waals surface area contributed by atoms with E-state index in [2.05, 4.69) is 24.5 Å². The van der Waals surface area contributed by atoms with Crippen LogP contribution in [0.1, 0.15) is 33.1 Å². The molecule has 5 nitrogen and oxygen atoms in total. The molecule has 21 heavy (non-hydrogen) atoms. The van der Waals surface area contributed by atoms with Crippen molar-refractivity contribution in [3.05, 3.63) is 33.3 Å². The van der Waals surface area contributed by atoms with Crippen molar-refractivity contribution >= 4 is 40.3 Å². The first-order valence-electron chi connectivity index (χ1n) is 6.78. The standard InChI is InChI=1S/C14H18ClN3O2S/c1-14(2)6-5-9(8-14)16-13(21)17-12-7-10(18(19)20)3-4-11(12)15/h3-4,7,9H,5-6,8H2,1-2H3,(H2,16,17,21). The Morgan fingerprint density at radius 2 is 2.24 bits per heavy atom. The Kier molecular flexibility index (Phi) is 4.68. The summed E-state index contributed by atoms with van der Waals surface area (Å²) in [5.74, 6) is 0. The van der Waals surface area contributed by atoms with Gasteiger partial charge in [-0.3, -0.25) is 10.1 Å². The summed E-state index contributed by atoms with van der Waals surface area (Å²) in [5, 5.41) is 17.8. The van der Waals surface area contributed by atoms with Crippen LogP contribution in [0.2, 0.25) is 5.02 Å². The molecule has 0 amide bonds. The van der Waals surface area contributed by atoms with Crippen LogP contribution in [0.15, 0.2) is 18.2 Å². The van der Waals surface area contributed by atoms with Crippen molar-refractivity contribution in [3.63, 3.8) is 0 Å². The van der Waals surface area contributed by atoms with E-state index in [9.17, 15) is 10.1 Å². The molecule has 2 rings (SSSR count). The van der Waals surface area contributed by atoms with Crippen molar-refractivity contribution in [2.45, 2.75) is 39.2 Å². The van der Waals surface area contributed by atoms with Gasteiger partial charge in [-0.15, -0.1) is 0 Å². The number of benzene rings is 1. The maximum Gasteiger partial charge on any atom is 0.271 e. The highest BCUT2D eigenvalue weighted by Crippen LogP contribution is 2.37. The topological polar surface area (TPSA) is 67.2 Å². The molecule has 1 aliphatic rings. The van der Waals surface area contributed by atoms with E-state index in [1.165, 1.54) is 18.2 Å². The summed E-state index contributed by atoms with van der Waals surface area (Å²) in [5.41, 5.74) is 0.753. The maximum absolute atomic E-state index is 10.8. The molecule has 1 saturated carbocycles. The van der Waals surface area contributed by atoms with E-state index in [4.69, 9.17) is 23.8 Å². The van der Waals surface area contributed by atoms with Crippen molar-refractivity contribution < 1.29 is 4.92 Å². The zero-order valence-corrected chi connectivity index (χ0v) is 13.6. The first kappa shape index (κ1) is 16.0. The van der Waals surface area contributed by atoms with E-state index >= 15 is 0 Å². The van der Waals surface area contributed by atoms with Gasteiger partial charge in [-0.05, 0) is 43.0 Å². The highest BCUT2D eigenvalue weighted by Gasteiger charge is 2.31. The van der Waals surface area contributed by atoms with Crippen LogP contribution < -0.4 is 10.6 Å². The molecule has 0 radical (unpaired) electrons. The van der Waals surface area contributed by atoms with Gasteiger partial charge in [-0.2, -0.15) is 0 Å². The van der Waals surface area contributed by atoms with E-state index in [1.54, 1.807) is 0 Å². The van der Waals surface area contributed by atoms with Gasteiger partial charge >= 0.3 is 0 Å². The van der Waals surface area contributed by atoms with Crippen LogP contribution in [0.5, 0.6) is 0 Å². The van der Waals surface area contributed by atoms with Crippen LogP contribution in [0.25, 0.3) is 0 Å². The fraction of sp³-hybridized carbons (Fsp3) is 0.500. The van der Waals surface area contributed by atoms with Crippen molar-refractivity contribution in [2.24, 2.45) is 5.41 Å². The maximum atomic E-state index is 10.8. The average Bonchev–Trinajstić information content (AvgIpc) is 2.71. The summed E-state index contributed by atoms with van der Waals surface area (Å²) in [4.78, 5) is 10.3. The SMILES string of the molecule is CC1(C)CCC(NC(=S)Nc2cc([N+](=O)[O-])ccc2Cl)C1.